The minimum atomic E-state index is 0.252. The first kappa shape index (κ1) is 21.2. The van der Waals surface area contributed by atoms with Crippen LogP contribution < -0.4 is 0 Å². The number of aromatic nitrogens is 3. The van der Waals surface area contributed by atoms with Crippen molar-refractivity contribution in [3.63, 3.8) is 0 Å². The molecule has 6 nitrogen and oxygen atoms in total. The lowest BCUT2D eigenvalue weighted by molar-refractivity contribution is -0.133. The second kappa shape index (κ2) is 9.43. The highest BCUT2D eigenvalue weighted by Crippen LogP contribution is 2.29. The summed E-state index contributed by atoms with van der Waals surface area (Å²) >= 11 is 6.36. The zero-order valence-electron chi connectivity index (χ0n) is 18.1. The van der Waals surface area contributed by atoms with Crippen LogP contribution in [0, 0.1) is 5.92 Å². The molecule has 0 spiro atoms. The molecule has 2 aliphatic heterocycles. The molecule has 0 radical (unpaired) electrons. The molecule has 1 fully saturated rings. The van der Waals surface area contributed by atoms with E-state index in [4.69, 9.17) is 11.6 Å². The number of benzene rings is 1. The highest BCUT2D eigenvalue weighted by molar-refractivity contribution is 6.31. The van der Waals surface area contributed by atoms with Crippen LogP contribution >= 0.6 is 11.6 Å². The molecular weight excluding hydrogens is 422 g/mol. The minimum Gasteiger partial charge on any atom is -0.338 e. The molecule has 2 aromatic heterocycles. The molecule has 1 amide bonds. The van der Waals surface area contributed by atoms with Gasteiger partial charge in [0.1, 0.15) is 0 Å². The van der Waals surface area contributed by atoms with Crippen LogP contribution in [0.5, 0.6) is 0 Å². The number of rotatable bonds is 5. The van der Waals surface area contributed by atoms with Crippen LogP contribution in [-0.4, -0.2) is 50.5 Å². The zero-order valence-corrected chi connectivity index (χ0v) is 18.9. The molecule has 1 N–H and O–H groups in total. The summed E-state index contributed by atoms with van der Waals surface area (Å²) < 4.78 is 0. The van der Waals surface area contributed by atoms with Gasteiger partial charge in [0.25, 0.3) is 0 Å². The number of nitrogens with one attached hydrogen (secondary N) is 1. The predicted molar refractivity (Wildman–Crippen MR) is 125 cm³/mol. The van der Waals surface area contributed by atoms with E-state index in [1.54, 1.807) is 12.4 Å². The van der Waals surface area contributed by atoms with Crippen molar-refractivity contribution in [2.45, 2.75) is 38.8 Å². The Hall–Kier alpha value is -2.70. The fourth-order valence-electron chi connectivity index (χ4n) is 4.96. The van der Waals surface area contributed by atoms with Crippen LogP contribution in [0.15, 0.2) is 48.8 Å². The number of nitrogens with zero attached hydrogens (tertiary/aromatic N) is 4. The first-order valence-corrected chi connectivity index (χ1v) is 11.7. The van der Waals surface area contributed by atoms with Gasteiger partial charge in [0.2, 0.25) is 5.91 Å². The number of piperidine rings is 1. The third-order valence-corrected chi connectivity index (χ3v) is 7.03. The number of carbonyl (C=O) groups excluding carboxylic acids is 1. The molecule has 1 saturated heterocycles. The number of aromatic amines is 1. The van der Waals surface area contributed by atoms with Gasteiger partial charge >= 0.3 is 0 Å². The lowest BCUT2D eigenvalue weighted by Gasteiger charge is -2.34. The third kappa shape index (κ3) is 4.57. The van der Waals surface area contributed by atoms with Crippen molar-refractivity contribution in [1.82, 2.24) is 25.0 Å². The highest BCUT2D eigenvalue weighted by atomic mass is 35.5. The quantitative estimate of drug-likeness (QED) is 0.630. The molecule has 0 aliphatic carbocycles. The number of carbonyl (C=O) groups is 1. The van der Waals surface area contributed by atoms with Crippen LogP contribution in [0.1, 0.15) is 36.1 Å². The number of halogens is 1. The number of fused-ring (bicyclic) bond motifs is 1. The van der Waals surface area contributed by atoms with Gasteiger partial charge in [-0.1, -0.05) is 29.8 Å². The largest absolute Gasteiger partial charge is 0.338 e. The van der Waals surface area contributed by atoms with E-state index in [0.29, 0.717) is 18.9 Å². The van der Waals surface area contributed by atoms with E-state index in [-0.39, 0.29) is 5.91 Å². The molecule has 1 aromatic carbocycles. The Bertz CT molecular complexity index is 1080. The summed E-state index contributed by atoms with van der Waals surface area (Å²) in [6, 6.07) is 12.0. The summed E-state index contributed by atoms with van der Waals surface area (Å²) in [6.45, 7) is 4.23. The number of likely N-dealkylation sites (tertiary alicyclic amines) is 1. The first-order valence-electron chi connectivity index (χ1n) is 11.4. The number of amides is 1. The van der Waals surface area contributed by atoms with Crippen molar-refractivity contribution in [3.05, 3.63) is 70.6 Å². The van der Waals surface area contributed by atoms with Gasteiger partial charge in [0.05, 0.1) is 5.69 Å². The second-order valence-corrected chi connectivity index (χ2v) is 9.28. The van der Waals surface area contributed by atoms with Crippen molar-refractivity contribution in [2.75, 3.05) is 19.6 Å². The normalized spacial score (nSPS) is 19.0. The van der Waals surface area contributed by atoms with E-state index in [0.717, 1.165) is 78.5 Å². The molecule has 4 heterocycles. The van der Waals surface area contributed by atoms with E-state index in [1.165, 1.54) is 0 Å². The SMILES string of the molecule is O=C(C[C@@H]1CCCN(Cc2ccccc2Cl)C1)N1CCc2[nH]nc(-c3ccncc3)c2C1. The molecular formula is C25H28ClN5O. The Labute approximate surface area is 193 Å². The van der Waals surface area contributed by atoms with E-state index >= 15 is 0 Å². The Morgan fingerprint density at radius 3 is 2.84 bits per heavy atom. The monoisotopic (exact) mass is 449 g/mol. The Balaban J connectivity index is 1.21. The predicted octanol–water partition coefficient (Wildman–Crippen LogP) is 4.31. The summed E-state index contributed by atoms with van der Waals surface area (Å²) in [7, 11) is 0. The summed E-state index contributed by atoms with van der Waals surface area (Å²) in [5.74, 6) is 0.645. The molecule has 7 heteroatoms. The smallest absolute Gasteiger partial charge is 0.223 e. The van der Waals surface area contributed by atoms with Gasteiger partial charge in [-0.05, 0) is 49.1 Å². The molecule has 0 bridgehead atoms. The minimum absolute atomic E-state index is 0.252. The van der Waals surface area contributed by atoms with Crippen LogP contribution in [0.25, 0.3) is 11.3 Å². The second-order valence-electron chi connectivity index (χ2n) is 8.87. The van der Waals surface area contributed by atoms with Gasteiger partial charge < -0.3 is 4.90 Å². The summed E-state index contributed by atoms with van der Waals surface area (Å²) in [6.07, 6.45) is 7.22. The molecule has 166 valence electrons. The van der Waals surface area contributed by atoms with Crippen molar-refractivity contribution < 1.29 is 4.79 Å². The van der Waals surface area contributed by atoms with E-state index < -0.39 is 0 Å². The summed E-state index contributed by atoms with van der Waals surface area (Å²) in [5, 5.41) is 8.52. The average molecular weight is 450 g/mol. The van der Waals surface area contributed by atoms with Gasteiger partial charge in [-0.3, -0.25) is 19.8 Å². The van der Waals surface area contributed by atoms with Gasteiger partial charge in [0.15, 0.2) is 0 Å². The lowest BCUT2D eigenvalue weighted by atomic mass is 9.93. The van der Waals surface area contributed by atoms with E-state index in [1.807, 2.05) is 35.2 Å². The molecule has 32 heavy (non-hydrogen) atoms. The van der Waals surface area contributed by atoms with Crippen molar-refractivity contribution in [2.24, 2.45) is 5.92 Å². The van der Waals surface area contributed by atoms with Gasteiger partial charge in [-0.2, -0.15) is 5.10 Å². The van der Waals surface area contributed by atoms with E-state index in [9.17, 15) is 4.79 Å². The fourth-order valence-corrected chi connectivity index (χ4v) is 5.16. The van der Waals surface area contributed by atoms with Crippen LogP contribution in [0.3, 0.4) is 0 Å². The maximum atomic E-state index is 13.2. The number of H-pyrrole nitrogens is 1. The third-order valence-electron chi connectivity index (χ3n) is 6.66. The van der Waals surface area contributed by atoms with Crippen LogP contribution in [-0.2, 0) is 24.3 Å². The number of hydrogen-bond acceptors (Lipinski definition) is 4. The maximum absolute atomic E-state index is 13.2. The van der Waals surface area contributed by atoms with Crippen molar-refractivity contribution in [3.8, 4) is 11.3 Å². The lowest BCUT2D eigenvalue weighted by Crippen LogP contribution is -2.40. The van der Waals surface area contributed by atoms with Gasteiger partial charge in [-0.15, -0.1) is 0 Å². The average Bonchev–Trinajstić information content (AvgIpc) is 3.25. The Morgan fingerprint density at radius 2 is 2.00 bits per heavy atom. The molecule has 0 saturated carbocycles. The highest BCUT2D eigenvalue weighted by Gasteiger charge is 2.29. The van der Waals surface area contributed by atoms with Crippen LogP contribution in [0.2, 0.25) is 5.02 Å². The molecule has 1 atom stereocenters. The fraction of sp³-hybridized carbons (Fsp3) is 0.400. The molecule has 0 unspecified atom stereocenters. The Morgan fingerprint density at radius 1 is 1.16 bits per heavy atom. The van der Waals surface area contributed by atoms with Crippen molar-refractivity contribution >= 4 is 17.5 Å². The number of hydrogen-bond donors (Lipinski definition) is 1. The topological polar surface area (TPSA) is 65.1 Å². The zero-order chi connectivity index (χ0) is 21.9. The first-order chi connectivity index (χ1) is 15.7. The molecule has 5 rings (SSSR count). The summed E-state index contributed by atoms with van der Waals surface area (Å²) in [5.41, 5.74) is 5.41. The Kier molecular flexibility index (Phi) is 6.23. The molecule has 2 aliphatic rings. The van der Waals surface area contributed by atoms with E-state index in [2.05, 4.69) is 26.1 Å². The summed E-state index contributed by atoms with van der Waals surface area (Å²) in [4.78, 5) is 21.8. The number of pyridine rings is 1. The van der Waals surface area contributed by atoms with Gasteiger partial charge in [0, 0.05) is 73.3 Å². The molecule has 3 aromatic rings. The van der Waals surface area contributed by atoms with Crippen LogP contribution in [0.4, 0.5) is 0 Å². The van der Waals surface area contributed by atoms with Gasteiger partial charge in [-0.25, -0.2) is 0 Å². The standard InChI is InChI=1S/C25H28ClN5O/c26-22-6-2-1-5-20(22)16-30-12-3-4-18(15-30)14-24(32)31-13-9-23-21(17-31)25(29-28-23)19-7-10-27-11-8-19/h1-2,5-8,10-11,18H,3-4,9,12-17H2,(H,28,29)/t18-/m0/s1. The maximum Gasteiger partial charge on any atom is 0.223 e. The van der Waals surface area contributed by atoms with Crippen molar-refractivity contribution in [1.29, 1.82) is 0 Å².